The summed E-state index contributed by atoms with van der Waals surface area (Å²) in [6.45, 7) is 7.75. The van der Waals surface area contributed by atoms with Crippen LogP contribution in [-0.2, 0) is 11.2 Å². The molecule has 15 heavy (non-hydrogen) atoms. The number of rotatable bonds is 1. The summed E-state index contributed by atoms with van der Waals surface area (Å²) in [4.78, 5) is 11.5. The van der Waals surface area contributed by atoms with Gasteiger partial charge in [0.25, 0.3) is 0 Å². The Labute approximate surface area is 88.3 Å². The van der Waals surface area contributed by atoms with Gasteiger partial charge in [0, 0.05) is 12.0 Å². The van der Waals surface area contributed by atoms with Gasteiger partial charge in [-0.15, -0.1) is 0 Å². The van der Waals surface area contributed by atoms with Crippen LogP contribution in [0.3, 0.4) is 0 Å². The van der Waals surface area contributed by atoms with Crippen LogP contribution in [0.2, 0.25) is 0 Å². The third-order valence-corrected chi connectivity index (χ3v) is 2.82. The maximum Gasteiger partial charge on any atom is 0.234 e. The summed E-state index contributed by atoms with van der Waals surface area (Å²) in [6.07, 6.45) is 1.25. The zero-order valence-corrected chi connectivity index (χ0v) is 8.96. The number of amides is 1. The van der Waals surface area contributed by atoms with Crippen molar-refractivity contribution in [1.82, 2.24) is 5.16 Å². The molecule has 0 radical (unpaired) electrons. The van der Waals surface area contributed by atoms with Crippen LogP contribution in [0.15, 0.2) is 16.7 Å². The first-order valence-electron chi connectivity index (χ1n) is 4.98. The molecule has 2 heterocycles. The highest BCUT2D eigenvalue weighted by molar-refractivity contribution is 5.91. The zero-order valence-electron chi connectivity index (χ0n) is 8.96. The van der Waals surface area contributed by atoms with Crippen LogP contribution >= 0.6 is 0 Å². The first-order valence-corrected chi connectivity index (χ1v) is 4.98. The molecule has 1 aromatic heterocycles. The van der Waals surface area contributed by atoms with Crippen molar-refractivity contribution in [2.24, 2.45) is 5.92 Å². The highest BCUT2D eigenvalue weighted by Crippen LogP contribution is 2.30. The van der Waals surface area contributed by atoms with Gasteiger partial charge in [-0.3, -0.25) is 10.1 Å². The Kier molecular flexibility index (Phi) is 2.34. The quantitative estimate of drug-likeness (QED) is 0.715. The van der Waals surface area contributed by atoms with Gasteiger partial charge in [-0.25, -0.2) is 0 Å². The Hall–Kier alpha value is -1.58. The van der Waals surface area contributed by atoms with Crippen LogP contribution in [0.25, 0.3) is 0 Å². The van der Waals surface area contributed by atoms with Gasteiger partial charge in [0.15, 0.2) is 0 Å². The monoisotopic (exact) mass is 206 g/mol. The highest BCUT2D eigenvalue weighted by atomic mass is 16.5. The van der Waals surface area contributed by atoms with E-state index < -0.39 is 0 Å². The number of carbonyl (C=O) groups excluding carboxylic acids is 1. The molecule has 1 aliphatic heterocycles. The van der Waals surface area contributed by atoms with Crippen LogP contribution in [0, 0.1) is 12.8 Å². The van der Waals surface area contributed by atoms with Crippen molar-refractivity contribution in [3.05, 3.63) is 23.4 Å². The van der Waals surface area contributed by atoms with E-state index in [1.54, 1.807) is 0 Å². The van der Waals surface area contributed by atoms with Crippen molar-refractivity contribution in [3.8, 4) is 0 Å². The molecule has 0 aromatic carbocycles. The molecule has 1 atom stereocenters. The number of carbonyl (C=O) groups is 1. The van der Waals surface area contributed by atoms with E-state index in [1.807, 2.05) is 13.8 Å². The summed E-state index contributed by atoms with van der Waals surface area (Å²) in [6, 6.07) is 0. The van der Waals surface area contributed by atoms with Crippen molar-refractivity contribution >= 4 is 11.8 Å². The predicted octanol–water partition coefficient (Wildman–Crippen LogP) is 2.06. The van der Waals surface area contributed by atoms with Gasteiger partial charge in [-0.2, -0.15) is 0 Å². The summed E-state index contributed by atoms with van der Waals surface area (Å²) in [5.74, 6) is 0.656. The summed E-state index contributed by atoms with van der Waals surface area (Å²) < 4.78 is 5.05. The van der Waals surface area contributed by atoms with E-state index in [9.17, 15) is 4.79 Å². The van der Waals surface area contributed by atoms with Gasteiger partial charge in [0.1, 0.15) is 0 Å². The Morgan fingerprint density at radius 3 is 3.00 bits per heavy atom. The van der Waals surface area contributed by atoms with Gasteiger partial charge in [-0.1, -0.05) is 17.3 Å². The normalized spacial score (nSPS) is 20.4. The average molecular weight is 206 g/mol. The lowest BCUT2D eigenvalue weighted by molar-refractivity contribution is -0.116. The fourth-order valence-corrected chi connectivity index (χ4v) is 1.80. The fraction of sp³-hybridized carbons (Fsp3) is 0.455. The number of allylic oxidation sites excluding steroid dienone is 1. The van der Waals surface area contributed by atoms with E-state index in [-0.39, 0.29) is 11.8 Å². The lowest BCUT2D eigenvalue weighted by Gasteiger charge is -2.11. The number of nitrogens with one attached hydrogen (secondary N) is 1. The molecule has 1 amide bonds. The fourth-order valence-electron chi connectivity index (χ4n) is 1.80. The van der Waals surface area contributed by atoms with Gasteiger partial charge in [0.2, 0.25) is 11.8 Å². The maximum atomic E-state index is 11.5. The van der Waals surface area contributed by atoms with E-state index in [0.717, 1.165) is 23.3 Å². The molecular weight excluding hydrogens is 192 g/mol. The molecule has 4 nitrogen and oxygen atoms in total. The summed E-state index contributed by atoms with van der Waals surface area (Å²) >= 11 is 0. The standard InChI is InChI=1S/C11H14N2O2/c1-6(2)8-4-9-7(3)13-15-11(9)12-10(14)5-8/h8H,1,4-5H2,2-3H3,(H,12,14)/t8-/m1/s1. The number of aryl methyl sites for hydroxylation is 1. The van der Waals surface area contributed by atoms with Gasteiger partial charge in [-0.05, 0) is 26.2 Å². The Balaban J connectivity index is 2.37. The minimum absolute atomic E-state index is 0.0297. The van der Waals surface area contributed by atoms with Gasteiger partial charge >= 0.3 is 0 Å². The van der Waals surface area contributed by atoms with E-state index in [2.05, 4.69) is 17.1 Å². The third-order valence-electron chi connectivity index (χ3n) is 2.82. The maximum absolute atomic E-state index is 11.5. The molecule has 0 bridgehead atoms. The SMILES string of the molecule is C=C(C)[C@H]1CC(=O)Nc2onc(C)c2C1. The molecular formula is C11H14N2O2. The lowest BCUT2D eigenvalue weighted by Crippen LogP contribution is -2.14. The van der Waals surface area contributed by atoms with Gasteiger partial charge in [0.05, 0.1) is 5.69 Å². The molecule has 2 rings (SSSR count). The first-order chi connectivity index (χ1) is 7.08. The minimum atomic E-state index is -0.0297. The van der Waals surface area contributed by atoms with E-state index in [1.165, 1.54) is 0 Å². The molecule has 1 aliphatic rings. The number of hydrogen-bond donors (Lipinski definition) is 1. The highest BCUT2D eigenvalue weighted by Gasteiger charge is 2.26. The molecule has 0 spiro atoms. The van der Waals surface area contributed by atoms with Crippen LogP contribution in [0.4, 0.5) is 5.88 Å². The molecule has 1 N–H and O–H groups in total. The first kappa shape index (κ1) is 9.96. The number of hydrogen-bond acceptors (Lipinski definition) is 3. The molecule has 80 valence electrons. The molecule has 0 fully saturated rings. The minimum Gasteiger partial charge on any atom is -0.338 e. The lowest BCUT2D eigenvalue weighted by atomic mass is 9.91. The Morgan fingerprint density at radius 1 is 1.60 bits per heavy atom. The van der Waals surface area contributed by atoms with Crippen molar-refractivity contribution in [2.75, 3.05) is 5.32 Å². The summed E-state index contributed by atoms with van der Waals surface area (Å²) in [5.41, 5.74) is 2.87. The van der Waals surface area contributed by atoms with Crippen molar-refractivity contribution in [2.45, 2.75) is 26.7 Å². The van der Waals surface area contributed by atoms with Crippen molar-refractivity contribution in [3.63, 3.8) is 0 Å². The van der Waals surface area contributed by atoms with E-state index >= 15 is 0 Å². The van der Waals surface area contributed by atoms with Crippen molar-refractivity contribution in [1.29, 1.82) is 0 Å². The zero-order chi connectivity index (χ0) is 11.0. The Bertz CT molecular complexity index is 420. The van der Waals surface area contributed by atoms with Crippen LogP contribution in [0.5, 0.6) is 0 Å². The molecule has 0 aliphatic carbocycles. The molecule has 0 unspecified atom stereocenters. The molecule has 4 heteroatoms. The topological polar surface area (TPSA) is 55.1 Å². The number of aromatic nitrogens is 1. The van der Waals surface area contributed by atoms with Crippen LogP contribution < -0.4 is 5.32 Å². The average Bonchev–Trinajstić information content (AvgIpc) is 2.42. The largest absolute Gasteiger partial charge is 0.338 e. The number of anilines is 1. The Morgan fingerprint density at radius 2 is 2.33 bits per heavy atom. The van der Waals surface area contributed by atoms with Gasteiger partial charge < -0.3 is 4.52 Å². The summed E-state index contributed by atoms with van der Waals surface area (Å²) in [7, 11) is 0. The second-order valence-electron chi connectivity index (χ2n) is 4.08. The number of fused-ring (bicyclic) bond motifs is 1. The predicted molar refractivity (Wildman–Crippen MR) is 56.5 cm³/mol. The molecule has 0 saturated heterocycles. The van der Waals surface area contributed by atoms with E-state index in [0.29, 0.717) is 12.3 Å². The summed E-state index contributed by atoms with van der Waals surface area (Å²) in [5, 5.41) is 6.57. The molecule has 0 saturated carbocycles. The van der Waals surface area contributed by atoms with E-state index in [4.69, 9.17) is 4.52 Å². The molecule has 1 aromatic rings. The van der Waals surface area contributed by atoms with Crippen molar-refractivity contribution < 1.29 is 9.32 Å². The second-order valence-corrected chi connectivity index (χ2v) is 4.08. The third kappa shape index (κ3) is 1.79. The van der Waals surface area contributed by atoms with Crippen LogP contribution in [-0.4, -0.2) is 11.1 Å². The second kappa shape index (κ2) is 3.53. The van der Waals surface area contributed by atoms with Crippen LogP contribution in [0.1, 0.15) is 24.6 Å². The number of nitrogens with zero attached hydrogens (tertiary/aromatic N) is 1. The smallest absolute Gasteiger partial charge is 0.234 e.